The molecule has 1 N–H and O–H groups in total. The molecule has 2 nitrogen and oxygen atoms in total. The summed E-state index contributed by atoms with van der Waals surface area (Å²) in [4.78, 5) is 4.75. The van der Waals surface area contributed by atoms with Crippen molar-refractivity contribution in [2.45, 2.75) is 40.2 Å². The predicted molar refractivity (Wildman–Crippen MR) is 82.4 cm³/mol. The van der Waals surface area contributed by atoms with Crippen LogP contribution in [0.1, 0.15) is 44.9 Å². The minimum atomic E-state index is 0.466. The zero-order valence-corrected chi connectivity index (χ0v) is 12.4. The minimum absolute atomic E-state index is 0.466. The van der Waals surface area contributed by atoms with Gasteiger partial charge in [0.2, 0.25) is 0 Å². The second-order valence-corrected chi connectivity index (χ2v) is 5.90. The summed E-state index contributed by atoms with van der Waals surface area (Å²) in [7, 11) is 0. The molecule has 19 heavy (non-hydrogen) atoms. The molecule has 0 fully saturated rings. The number of nitrogens with one attached hydrogen (secondary N) is 1. The third kappa shape index (κ3) is 3.54. The Hall–Kier alpha value is -1.41. The van der Waals surface area contributed by atoms with Crippen LogP contribution in [0, 0.1) is 5.92 Å². The van der Waals surface area contributed by atoms with Crippen LogP contribution in [0.2, 0.25) is 0 Å². The molecule has 0 radical (unpaired) electrons. The summed E-state index contributed by atoms with van der Waals surface area (Å²) in [6.45, 7) is 10.8. The third-order valence-electron chi connectivity index (χ3n) is 3.28. The lowest BCUT2D eigenvalue weighted by molar-refractivity contribution is 0.553. The second kappa shape index (κ2) is 6.16. The number of para-hydroxylation sites is 1. The van der Waals surface area contributed by atoms with Gasteiger partial charge in [-0.25, -0.2) is 0 Å². The minimum Gasteiger partial charge on any atom is -0.312 e. The average Bonchev–Trinajstić information content (AvgIpc) is 2.38. The van der Waals surface area contributed by atoms with Crippen LogP contribution in [0.3, 0.4) is 0 Å². The highest BCUT2D eigenvalue weighted by Crippen LogP contribution is 2.22. The van der Waals surface area contributed by atoms with Crippen LogP contribution in [0.5, 0.6) is 0 Å². The highest BCUT2D eigenvalue weighted by atomic mass is 14.9. The van der Waals surface area contributed by atoms with Gasteiger partial charge in [-0.05, 0) is 36.1 Å². The number of hydrogen-bond acceptors (Lipinski definition) is 2. The first kappa shape index (κ1) is 14.0. The molecule has 0 saturated heterocycles. The van der Waals surface area contributed by atoms with Gasteiger partial charge in [-0.3, -0.25) is 4.98 Å². The number of hydrogen-bond donors (Lipinski definition) is 1. The van der Waals surface area contributed by atoms with E-state index in [4.69, 9.17) is 4.98 Å². The van der Waals surface area contributed by atoms with Gasteiger partial charge in [-0.1, -0.05) is 45.9 Å². The smallest absolute Gasteiger partial charge is 0.0708 e. The molecule has 2 rings (SSSR count). The van der Waals surface area contributed by atoms with Crippen LogP contribution in [0.25, 0.3) is 10.9 Å². The van der Waals surface area contributed by atoms with Crippen LogP contribution >= 0.6 is 0 Å². The van der Waals surface area contributed by atoms with Crippen LogP contribution in [0.4, 0.5) is 0 Å². The van der Waals surface area contributed by atoms with Gasteiger partial charge >= 0.3 is 0 Å². The van der Waals surface area contributed by atoms with Crippen molar-refractivity contribution in [1.29, 1.82) is 0 Å². The van der Waals surface area contributed by atoms with Gasteiger partial charge in [-0.15, -0.1) is 0 Å². The molecule has 1 heterocycles. The normalized spacial score (nSPS) is 11.7. The monoisotopic (exact) mass is 256 g/mol. The average molecular weight is 256 g/mol. The van der Waals surface area contributed by atoms with E-state index >= 15 is 0 Å². The maximum absolute atomic E-state index is 4.75. The molecule has 0 amide bonds. The molecule has 0 spiro atoms. The molecule has 0 saturated carbocycles. The van der Waals surface area contributed by atoms with E-state index in [1.165, 1.54) is 16.6 Å². The molecular weight excluding hydrogens is 232 g/mol. The first-order chi connectivity index (χ1) is 9.08. The van der Waals surface area contributed by atoms with E-state index in [1.54, 1.807) is 0 Å². The SMILES string of the molecule is CC(C)CNCc1cc(C(C)C)nc2ccccc12. The number of pyridine rings is 1. The molecule has 2 heteroatoms. The second-order valence-electron chi connectivity index (χ2n) is 5.90. The molecule has 0 atom stereocenters. The Balaban J connectivity index is 2.33. The number of nitrogens with zero attached hydrogens (tertiary/aromatic N) is 1. The largest absolute Gasteiger partial charge is 0.312 e. The Bertz CT molecular complexity index is 544. The molecule has 2 aromatic rings. The summed E-state index contributed by atoms with van der Waals surface area (Å²) in [6, 6.07) is 10.7. The van der Waals surface area contributed by atoms with E-state index in [1.807, 2.05) is 0 Å². The fraction of sp³-hybridized carbons (Fsp3) is 0.471. The zero-order valence-electron chi connectivity index (χ0n) is 12.4. The van der Waals surface area contributed by atoms with Gasteiger partial charge in [0.25, 0.3) is 0 Å². The quantitative estimate of drug-likeness (QED) is 0.871. The predicted octanol–water partition coefficient (Wildman–Crippen LogP) is 4.10. The molecular formula is C17H24N2. The van der Waals surface area contributed by atoms with Crippen LogP contribution in [-0.2, 0) is 6.54 Å². The summed E-state index contributed by atoms with van der Waals surface area (Å²) >= 11 is 0. The van der Waals surface area contributed by atoms with Crippen molar-refractivity contribution in [3.05, 3.63) is 41.6 Å². The Kier molecular flexibility index (Phi) is 4.54. The van der Waals surface area contributed by atoms with Crippen molar-refractivity contribution in [2.75, 3.05) is 6.54 Å². The number of fused-ring (bicyclic) bond motifs is 1. The lowest BCUT2D eigenvalue weighted by Crippen LogP contribution is -2.19. The Labute approximate surface area is 116 Å². The summed E-state index contributed by atoms with van der Waals surface area (Å²) in [6.07, 6.45) is 0. The highest BCUT2D eigenvalue weighted by molar-refractivity contribution is 5.82. The standard InChI is InChI=1S/C17H24N2/c1-12(2)10-18-11-14-9-17(13(3)4)19-16-8-6-5-7-15(14)16/h5-9,12-13,18H,10-11H2,1-4H3. The molecule has 1 aromatic heterocycles. The lowest BCUT2D eigenvalue weighted by atomic mass is 10.0. The molecule has 1 aromatic carbocycles. The Morgan fingerprint density at radius 1 is 1.11 bits per heavy atom. The van der Waals surface area contributed by atoms with Crippen molar-refractivity contribution in [3.63, 3.8) is 0 Å². The maximum atomic E-state index is 4.75. The summed E-state index contributed by atoms with van der Waals surface area (Å²) in [5.74, 6) is 1.14. The van der Waals surface area contributed by atoms with Crippen LogP contribution in [0.15, 0.2) is 30.3 Å². The van der Waals surface area contributed by atoms with E-state index in [2.05, 4.69) is 63.3 Å². The number of rotatable bonds is 5. The maximum Gasteiger partial charge on any atom is 0.0708 e. The van der Waals surface area contributed by atoms with Gasteiger partial charge in [0.1, 0.15) is 0 Å². The van der Waals surface area contributed by atoms with Gasteiger partial charge < -0.3 is 5.32 Å². The lowest BCUT2D eigenvalue weighted by Gasteiger charge is -2.13. The molecule has 0 unspecified atom stereocenters. The highest BCUT2D eigenvalue weighted by Gasteiger charge is 2.08. The van der Waals surface area contributed by atoms with E-state index < -0.39 is 0 Å². The zero-order chi connectivity index (χ0) is 13.8. The first-order valence-corrected chi connectivity index (χ1v) is 7.17. The van der Waals surface area contributed by atoms with E-state index in [9.17, 15) is 0 Å². The summed E-state index contributed by atoms with van der Waals surface area (Å²) in [5, 5.41) is 4.80. The summed E-state index contributed by atoms with van der Waals surface area (Å²) < 4.78 is 0. The van der Waals surface area contributed by atoms with Crippen molar-refractivity contribution in [3.8, 4) is 0 Å². The van der Waals surface area contributed by atoms with Crippen molar-refractivity contribution in [2.24, 2.45) is 5.92 Å². The Morgan fingerprint density at radius 2 is 1.84 bits per heavy atom. The number of benzene rings is 1. The fourth-order valence-corrected chi connectivity index (χ4v) is 2.21. The third-order valence-corrected chi connectivity index (χ3v) is 3.28. The van der Waals surface area contributed by atoms with Crippen LogP contribution < -0.4 is 5.32 Å². The fourth-order valence-electron chi connectivity index (χ4n) is 2.21. The van der Waals surface area contributed by atoms with E-state index in [0.717, 1.165) is 18.6 Å². The molecule has 0 aliphatic rings. The van der Waals surface area contributed by atoms with E-state index in [-0.39, 0.29) is 0 Å². The first-order valence-electron chi connectivity index (χ1n) is 7.17. The van der Waals surface area contributed by atoms with Crippen LogP contribution in [-0.4, -0.2) is 11.5 Å². The molecule has 0 aliphatic carbocycles. The Morgan fingerprint density at radius 3 is 2.53 bits per heavy atom. The van der Waals surface area contributed by atoms with Crippen molar-refractivity contribution >= 4 is 10.9 Å². The van der Waals surface area contributed by atoms with Crippen molar-refractivity contribution in [1.82, 2.24) is 10.3 Å². The molecule has 102 valence electrons. The topological polar surface area (TPSA) is 24.9 Å². The van der Waals surface area contributed by atoms with Gasteiger partial charge in [0.15, 0.2) is 0 Å². The van der Waals surface area contributed by atoms with Gasteiger partial charge in [0.05, 0.1) is 5.52 Å². The molecule has 0 bridgehead atoms. The van der Waals surface area contributed by atoms with E-state index in [0.29, 0.717) is 11.8 Å². The summed E-state index contributed by atoms with van der Waals surface area (Å²) in [5.41, 5.74) is 3.64. The number of aromatic nitrogens is 1. The van der Waals surface area contributed by atoms with Gasteiger partial charge in [-0.2, -0.15) is 0 Å². The molecule has 0 aliphatic heterocycles. The van der Waals surface area contributed by atoms with Gasteiger partial charge in [0, 0.05) is 17.6 Å². The van der Waals surface area contributed by atoms with Crippen molar-refractivity contribution < 1.29 is 0 Å².